The molecule has 17 heteroatoms. The molecule has 32 heavy (non-hydrogen) atoms. The van der Waals surface area contributed by atoms with Gasteiger partial charge in [-0.3, -0.25) is 18.3 Å². The average molecular weight is 506 g/mol. The van der Waals surface area contributed by atoms with Crippen LogP contribution in [0.2, 0.25) is 0 Å². The first-order valence-corrected chi connectivity index (χ1v) is 11.4. The van der Waals surface area contributed by atoms with E-state index in [0.29, 0.717) is 0 Å². The maximum Gasteiger partial charge on any atom is 0.318 e. The van der Waals surface area contributed by atoms with E-state index in [1.165, 1.54) is 0 Å². The van der Waals surface area contributed by atoms with Crippen LogP contribution in [-0.2, 0) is 43.5 Å². The first-order valence-electron chi connectivity index (χ1n) is 8.46. The van der Waals surface area contributed by atoms with Gasteiger partial charge in [-0.05, 0) is 0 Å². The van der Waals surface area contributed by atoms with Crippen molar-refractivity contribution >= 4 is 32.2 Å². The Labute approximate surface area is 176 Å². The molecule has 0 radical (unpaired) electrons. The molecule has 6 unspecified atom stereocenters. The summed E-state index contributed by atoms with van der Waals surface area (Å²) >= 11 is 0. The molecular formula is C15H10F4O11S2. The predicted octanol–water partition coefficient (Wildman–Crippen LogP) is -0.179. The van der Waals surface area contributed by atoms with Crippen molar-refractivity contribution in [1.82, 2.24) is 0 Å². The molecule has 6 atom stereocenters. The minimum Gasteiger partial charge on any atom is -0.457 e. The first-order chi connectivity index (χ1) is 14.7. The molecule has 2 bridgehead atoms. The van der Waals surface area contributed by atoms with Gasteiger partial charge >= 0.3 is 22.1 Å². The fourth-order valence-electron chi connectivity index (χ4n) is 4.00. The van der Waals surface area contributed by atoms with E-state index >= 15 is 0 Å². The predicted molar refractivity (Wildman–Crippen MR) is 87.0 cm³/mol. The third kappa shape index (κ3) is 3.18. The number of ether oxygens (including phenoxy) is 3. The Bertz CT molecular complexity index is 1230. The lowest BCUT2D eigenvalue weighted by Gasteiger charge is -2.26. The summed E-state index contributed by atoms with van der Waals surface area (Å²) in [6.07, 6.45) is -5.52. The number of hydrogen-bond acceptors (Lipinski definition) is 10. The monoisotopic (exact) mass is 506 g/mol. The second kappa shape index (κ2) is 7.08. The van der Waals surface area contributed by atoms with Gasteiger partial charge in [0.2, 0.25) is 17.4 Å². The number of benzene rings is 1. The average Bonchev–Trinajstić information content (AvgIpc) is 3.24. The van der Waals surface area contributed by atoms with Crippen molar-refractivity contribution in [2.24, 2.45) is 5.92 Å². The maximum absolute atomic E-state index is 14.2. The van der Waals surface area contributed by atoms with Crippen molar-refractivity contribution < 1.29 is 66.9 Å². The zero-order chi connectivity index (χ0) is 23.9. The number of hydrogen-bond donors (Lipinski definition) is 1. The quantitative estimate of drug-likeness (QED) is 0.144. The molecule has 3 heterocycles. The standard InChI is InChI=1S/C15H10F4O11S2/c1-2(20)27-10-8-3(13-12(28-8)11(10)30-32(13,25)26)15(21)29-9-4(16)6(18)14(31(22,23)24)7(19)5(9)17/h3,8,10-13H,1H3,(H,22,23,24). The summed E-state index contributed by atoms with van der Waals surface area (Å²) in [5.74, 6) is -16.7. The molecule has 176 valence electrons. The zero-order valence-corrected chi connectivity index (χ0v) is 17.0. The van der Waals surface area contributed by atoms with Gasteiger partial charge in [-0.15, -0.1) is 0 Å². The Balaban J connectivity index is 1.73. The van der Waals surface area contributed by atoms with Crippen molar-refractivity contribution in [2.45, 2.75) is 41.5 Å². The van der Waals surface area contributed by atoms with Crippen molar-refractivity contribution in [3.63, 3.8) is 0 Å². The third-order valence-corrected chi connectivity index (χ3v) is 7.71. The van der Waals surface area contributed by atoms with Crippen LogP contribution in [0.3, 0.4) is 0 Å². The second-order valence-electron chi connectivity index (χ2n) is 6.99. The fourth-order valence-corrected chi connectivity index (χ4v) is 6.46. The molecule has 1 aromatic carbocycles. The Hall–Kier alpha value is -2.34. The van der Waals surface area contributed by atoms with Gasteiger partial charge in [0, 0.05) is 6.92 Å². The highest BCUT2D eigenvalue weighted by atomic mass is 32.2. The second-order valence-corrected chi connectivity index (χ2v) is 10.1. The van der Waals surface area contributed by atoms with Gasteiger partial charge in [0.1, 0.15) is 29.5 Å². The summed E-state index contributed by atoms with van der Waals surface area (Å²) in [6, 6.07) is 0. The van der Waals surface area contributed by atoms with E-state index in [1.54, 1.807) is 0 Å². The van der Waals surface area contributed by atoms with Crippen molar-refractivity contribution in [1.29, 1.82) is 0 Å². The van der Waals surface area contributed by atoms with Crippen LogP contribution < -0.4 is 4.74 Å². The topological polar surface area (TPSA) is 160 Å². The lowest BCUT2D eigenvalue weighted by atomic mass is 9.85. The molecule has 1 N–H and O–H groups in total. The molecule has 1 aromatic rings. The van der Waals surface area contributed by atoms with Gasteiger partial charge in [-0.25, -0.2) is 8.78 Å². The maximum atomic E-state index is 14.2. The summed E-state index contributed by atoms with van der Waals surface area (Å²) in [5.41, 5.74) is 0. The number of rotatable bonds is 4. The first kappa shape index (κ1) is 22.8. The van der Waals surface area contributed by atoms with Crippen LogP contribution in [0.5, 0.6) is 5.75 Å². The van der Waals surface area contributed by atoms with Crippen molar-refractivity contribution in [2.75, 3.05) is 0 Å². The summed E-state index contributed by atoms with van der Waals surface area (Å²) in [4.78, 5) is 21.6. The number of esters is 2. The third-order valence-electron chi connectivity index (χ3n) is 5.11. The van der Waals surface area contributed by atoms with Crippen LogP contribution in [-0.4, -0.2) is 63.0 Å². The van der Waals surface area contributed by atoms with E-state index in [2.05, 4.69) is 4.74 Å². The van der Waals surface area contributed by atoms with Crippen LogP contribution in [0, 0.1) is 29.2 Å². The number of carbonyl (C=O) groups excluding carboxylic acids is 2. The van der Waals surface area contributed by atoms with Crippen LogP contribution in [0.1, 0.15) is 6.92 Å². The minimum absolute atomic E-state index is 0.898. The highest BCUT2D eigenvalue weighted by Crippen LogP contribution is 2.51. The molecule has 0 amide bonds. The molecule has 0 aromatic heterocycles. The highest BCUT2D eigenvalue weighted by molar-refractivity contribution is 7.87. The molecule has 4 rings (SSSR count). The van der Waals surface area contributed by atoms with Crippen LogP contribution in [0.25, 0.3) is 0 Å². The smallest absolute Gasteiger partial charge is 0.318 e. The van der Waals surface area contributed by atoms with Gasteiger partial charge in [0.05, 0.1) is 0 Å². The van der Waals surface area contributed by atoms with E-state index in [1.807, 2.05) is 0 Å². The minimum atomic E-state index is -5.75. The van der Waals surface area contributed by atoms with Gasteiger partial charge < -0.3 is 14.2 Å². The summed E-state index contributed by atoms with van der Waals surface area (Å²) < 4.78 is 131. The van der Waals surface area contributed by atoms with Crippen molar-refractivity contribution in [3.05, 3.63) is 23.3 Å². The van der Waals surface area contributed by atoms with Crippen molar-refractivity contribution in [3.8, 4) is 5.75 Å². The molecular weight excluding hydrogens is 496 g/mol. The lowest BCUT2D eigenvalue weighted by molar-refractivity contribution is -0.157. The van der Waals surface area contributed by atoms with Gasteiger partial charge in [0.15, 0.2) is 22.6 Å². The zero-order valence-electron chi connectivity index (χ0n) is 15.3. The van der Waals surface area contributed by atoms with Gasteiger partial charge in [-0.2, -0.15) is 25.6 Å². The SMILES string of the molecule is CC(=O)OC1C2OS(=O)(=O)C3C2OC1C3C(=O)Oc1c(F)c(F)c(S(=O)(=O)O)c(F)c1F. The number of fused-ring (bicyclic) bond motifs is 1. The van der Waals surface area contributed by atoms with E-state index in [0.717, 1.165) is 6.92 Å². The van der Waals surface area contributed by atoms with Gasteiger partial charge in [0.25, 0.3) is 10.1 Å². The van der Waals surface area contributed by atoms with Gasteiger partial charge in [-0.1, -0.05) is 0 Å². The summed E-state index contributed by atoms with van der Waals surface area (Å²) in [5, 5.41) is -1.74. The van der Waals surface area contributed by atoms with E-state index in [-0.39, 0.29) is 0 Å². The molecule has 3 saturated heterocycles. The summed E-state index contributed by atoms with van der Waals surface area (Å²) in [7, 11) is -10.3. The van der Waals surface area contributed by atoms with Crippen LogP contribution in [0.15, 0.2) is 4.90 Å². The van der Waals surface area contributed by atoms with Crippen LogP contribution >= 0.6 is 0 Å². The molecule has 11 nitrogen and oxygen atoms in total. The van der Waals surface area contributed by atoms with E-state index < -0.39 is 102 Å². The largest absolute Gasteiger partial charge is 0.457 e. The molecule has 3 aliphatic heterocycles. The lowest BCUT2D eigenvalue weighted by Crippen LogP contribution is -2.50. The number of halogens is 4. The highest BCUT2D eigenvalue weighted by Gasteiger charge is 2.74. The Morgan fingerprint density at radius 1 is 1.00 bits per heavy atom. The Morgan fingerprint density at radius 2 is 1.56 bits per heavy atom. The molecule has 3 aliphatic rings. The number of carbonyl (C=O) groups is 2. The molecule has 3 fully saturated rings. The molecule has 0 aliphatic carbocycles. The van der Waals surface area contributed by atoms with E-state index in [4.69, 9.17) is 18.2 Å². The Morgan fingerprint density at radius 3 is 2.06 bits per heavy atom. The fraction of sp³-hybridized carbons (Fsp3) is 0.467. The molecule has 0 spiro atoms. The summed E-state index contributed by atoms with van der Waals surface area (Å²) in [6.45, 7) is 0.966. The van der Waals surface area contributed by atoms with E-state index in [9.17, 15) is 44.0 Å². The van der Waals surface area contributed by atoms with Crippen LogP contribution in [0.4, 0.5) is 17.6 Å². The molecule has 0 saturated carbocycles. The Kier molecular flexibility index (Phi) is 5.05. The normalized spacial score (nSPS) is 32.2.